The van der Waals surface area contributed by atoms with Crippen LogP contribution >= 0.6 is 0 Å². The molecule has 1 saturated heterocycles. The van der Waals surface area contributed by atoms with Crippen LogP contribution in [0.3, 0.4) is 0 Å². The average molecular weight is 288 g/mol. The molecule has 6 nitrogen and oxygen atoms in total. The van der Waals surface area contributed by atoms with Gasteiger partial charge in [0, 0.05) is 18.4 Å². The number of carbonyl (C=O) groups is 1. The van der Waals surface area contributed by atoms with E-state index in [9.17, 15) is 4.79 Å². The molecule has 0 saturated carbocycles. The molecule has 1 aliphatic heterocycles. The first-order chi connectivity index (χ1) is 10.2. The largest absolute Gasteiger partial charge is 0.461 e. The zero-order chi connectivity index (χ0) is 14.8. The van der Waals surface area contributed by atoms with Crippen molar-refractivity contribution >= 4 is 17.3 Å². The Hall–Kier alpha value is -2.08. The van der Waals surface area contributed by atoms with Gasteiger partial charge in [0.25, 0.3) is 0 Å². The highest BCUT2D eigenvalue weighted by molar-refractivity contribution is 5.89. The normalized spacial score (nSPS) is 15.7. The lowest BCUT2D eigenvalue weighted by Gasteiger charge is -2.15. The number of nitrogen functional groups attached to an aromatic ring is 1. The van der Waals surface area contributed by atoms with Crippen LogP contribution in [0.15, 0.2) is 18.3 Å². The molecule has 112 valence electrons. The standard InChI is InChI=1S/C15H20N4O2/c1-2-21-15(20)14-12(10-18-7-3-4-8-18)19-9-11(16)5-6-13(19)17-14/h5-6,9H,2-4,7-8,10,16H2,1H3. The topological polar surface area (TPSA) is 72.9 Å². The van der Waals surface area contributed by atoms with Gasteiger partial charge in [-0.1, -0.05) is 0 Å². The maximum Gasteiger partial charge on any atom is 0.358 e. The number of fused-ring (bicyclic) bond motifs is 1. The minimum atomic E-state index is -0.367. The van der Waals surface area contributed by atoms with E-state index in [2.05, 4.69) is 9.88 Å². The number of nitrogens with zero attached hydrogens (tertiary/aromatic N) is 3. The van der Waals surface area contributed by atoms with Gasteiger partial charge in [-0.2, -0.15) is 0 Å². The van der Waals surface area contributed by atoms with Gasteiger partial charge in [-0.15, -0.1) is 0 Å². The Morgan fingerprint density at radius 3 is 2.86 bits per heavy atom. The molecule has 0 aliphatic carbocycles. The van der Waals surface area contributed by atoms with Crippen molar-refractivity contribution in [3.05, 3.63) is 29.7 Å². The lowest BCUT2D eigenvalue weighted by atomic mass is 10.3. The van der Waals surface area contributed by atoms with Gasteiger partial charge in [0.1, 0.15) is 5.65 Å². The van der Waals surface area contributed by atoms with Crippen LogP contribution in [-0.2, 0) is 11.3 Å². The summed E-state index contributed by atoms with van der Waals surface area (Å²) in [5.41, 5.74) is 8.50. The first-order valence-corrected chi connectivity index (χ1v) is 7.35. The van der Waals surface area contributed by atoms with Crippen molar-refractivity contribution in [3.8, 4) is 0 Å². The molecule has 0 bridgehead atoms. The lowest BCUT2D eigenvalue weighted by Crippen LogP contribution is -2.21. The van der Waals surface area contributed by atoms with E-state index in [1.807, 2.05) is 16.7 Å². The number of nitrogens with two attached hydrogens (primary N) is 1. The van der Waals surface area contributed by atoms with E-state index in [-0.39, 0.29) is 5.97 Å². The van der Waals surface area contributed by atoms with Gasteiger partial charge in [0.15, 0.2) is 5.69 Å². The molecule has 3 rings (SSSR count). The third-order valence-electron chi connectivity index (χ3n) is 3.78. The summed E-state index contributed by atoms with van der Waals surface area (Å²) in [6.45, 7) is 4.94. The number of aromatic nitrogens is 2. The molecular weight excluding hydrogens is 268 g/mol. The van der Waals surface area contributed by atoms with E-state index >= 15 is 0 Å². The number of imidazole rings is 1. The Balaban J connectivity index is 2.04. The highest BCUT2D eigenvalue weighted by Gasteiger charge is 2.23. The number of pyridine rings is 1. The fraction of sp³-hybridized carbons (Fsp3) is 0.467. The number of carbonyl (C=O) groups excluding carboxylic acids is 1. The van der Waals surface area contributed by atoms with Gasteiger partial charge < -0.3 is 10.5 Å². The van der Waals surface area contributed by atoms with Gasteiger partial charge >= 0.3 is 5.97 Å². The number of rotatable bonds is 4. The van der Waals surface area contributed by atoms with E-state index in [1.165, 1.54) is 12.8 Å². The third kappa shape index (κ3) is 2.71. The van der Waals surface area contributed by atoms with Gasteiger partial charge in [0.05, 0.1) is 12.3 Å². The maximum absolute atomic E-state index is 12.1. The second-order valence-corrected chi connectivity index (χ2v) is 5.30. The molecule has 2 aromatic rings. The molecule has 2 aromatic heterocycles. The zero-order valence-electron chi connectivity index (χ0n) is 12.2. The van der Waals surface area contributed by atoms with E-state index in [4.69, 9.17) is 10.5 Å². The van der Waals surface area contributed by atoms with Crippen molar-refractivity contribution in [2.75, 3.05) is 25.4 Å². The Kier molecular flexibility index (Phi) is 3.79. The van der Waals surface area contributed by atoms with E-state index in [0.29, 0.717) is 24.5 Å². The number of hydrogen-bond donors (Lipinski definition) is 1. The van der Waals surface area contributed by atoms with E-state index in [1.54, 1.807) is 13.0 Å². The predicted molar refractivity (Wildman–Crippen MR) is 80.1 cm³/mol. The molecule has 0 amide bonds. The van der Waals surface area contributed by atoms with Crippen molar-refractivity contribution in [1.29, 1.82) is 0 Å². The highest BCUT2D eigenvalue weighted by atomic mass is 16.5. The van der Waals surface area contributed by atoms with Crippen LogP contribution in [0.1, 0.15) is 35.9 Å². The Morgan fingerprint density at radius 1 is 1.38 bits per heavy atom. The van der Waals surface area contributed by atoms with E-state index in [0.717, 1.165) is 24.4 Å². The third-order valence-corrected chi connectivity index (χ3v) is 3.78. The minimum absolute atomic E-state index is 0.345. The molecule has 0 aromatic carbocycles. The first kappa shape index (κ1) is 13.9. The van der Waals surface area contributed by atoms with Crippen molar-refractivity contribution in [3.63, 3.8) is 0 Å². The summed E-state index contributed by atoms with van der Waals surface area (Å²) >= 11 is 0. The molecule has 0 spiro atoms. The number of likely N-dealkylation sites (tertiary alicyclic amines) is 1. The second kappa shape index (κ2) is 5.73. The van der Waals surface area contributed by atoms with Crippen LogP contribution < -0.4 is 5.73 Å². The second-order valence-electron chi connectivity index (χ2n) is 5.30. The fourth-order valence-electron chi connectivity index (χ4n) is 2.78. The number of anilines is 1. The van der Waals surface area contributed by atoms with Gasteiger partial charge in [-0.25, -0.2) is 9.78 Å². The fourth-order valence-corrected chi connectivity index (χ4v) is 2.78. The number of ether oxygens (including phenoxy) is 1. The number of esters is 1. The van der Waals surface area contributed by atoms with E-state index < -0.39 is 0 Å². The van der Waals surface area contributed by atoms with Crippen molar-refractivity contribution in [1.82, 2.24) is 14.3 Å². The monoisotopic (exact) mass is 288 g/mol. The summed E-state index contributed by atoms with van der Waals surface area (Å²) in [6.07, 6.45) is 4.22. The predicted octanol–water partition coefficient (Wildman–Crippen LogP) is 1.69. The Morgan fingerprint density at radius 2 is 2.14 bits per heavy atom. The van der Waals surface area contributed by atoms with Crippen LogP contribution in [0, 0.1) is 0 Å². The average Bonchev–Trinajstić information content (AvgIpc) is 3.08. The zero-order valence-corrected chi connectivity index (χ0v) is 12.2. The molecule has 0 unspecified atom stereocenters. The Labute approximate surface area is 123 Å². The van der Waals surface area contributed by atoms with Gasteiger partial charge in [0.2, 0.25) is 0 Å². The van der Waals surface area contributed by atoms with Crippen molar-refractivity contribution in [2.24, 2.45) is 0 Å². The summed E-state index contributed by atoms with van der Waals surface area (Å²) in [5, 5.41) is 0. The van der Waals surface area contributed by atoms with Crippen LogP contribution in [0.25, 0.3) is 5.65 Å². The van der Waals surface area contributed by atoms with Gasteiger partial charge in [-0.3, -0.25) is 9.30 Å². The van der Waals surface area contributed by atoms with Crippen LogP contribution in [0.4, 0.5) is 5.69 Å². The highest BCUT2D eigenvalue weighted by Crippen LogP contribution is 2.20. The molecule has 0 atom stereocenters. The van der Waals surface area contributed by atoms with Gasteiger partial charge in [-0.05, 0) is 45.0 Å². The quantitative estimate of drug-likeness (QED) is 0.867. The van der Waals surface area contributed by atoms with Crippen LogP contribution in [0.2, 0.25) is 0 Å². The summed E-state index contributed by atoms with van der Waals surface area (Å²) < 4.78 is 7.03. The van der Waals surface area contributed by atoms with Crippen LogP contribution in [-0.4, -0.2) is 40.0 Å². The SMILES string of the molecule is CCOC(=O)c1nc2ccc(N)cn2c1CN1CCCC1. The smallest absolute Gasteiger partial charge is 0.358 e. The van der Waals surface area contributed by atoms with Crippen LogP contribution in [0.5, 0.6) is 0 Å². The molecular formula is C15H20N4O2. The number of hydrogen-bond acceptors (Lipinski definition) is 5. The molecule has 1 fully saturated rings. The molecule has 0 radical (unpaired) electrons. The molecule has 6 heteroatoms. The minimum Gasteiger partial charge on any atom is -0.461 e. The summed E-state index contributed by atoms with van der Waals surface area (Å²) in [6, 6.07) is 3.61. The molecule has 21 heavy (non-hydrogen) atoms. The maximum atomic E-state index is 12.1. The van der Waals surface area contributed by atoms with Crippen molar-refractivity contribution in [2.45, 2.75) is 26.3 Å². The molecule has 1 aliphatic rings. The van der Waals surface area contributed by atoms with Crippen molar-refractivity contribution < 1.29 is 9.53 Å². The lowest BCUT2D eigenvalue weighted by molar-refractivity contribution is 0.0517. The summed E-state index contributed by atoms with van der Waals surface area (Å²) in [4.78, 5) is 18.9. The summed E-state index contributed by atoms with van der Waals surface area (Å²) in [7, 11) is 0. The molecule has 3 heterocycles. The first-order valence-electron chi connectivity index (χ1n) is 7.35. The molecule has 2 N–H and O–H groups in total. The summed E-state index contributed by atoms with van der Waals surface area (Å²) in [5.74, 6) is -0.367. The Bertz CT molecular complexity index is 659.